The van der Waals surface area contributed by atoms with Crippen molar-refractivity contribution in [1.29, 1.82) is 0 Å². The second kappa shape index (κ2) is 4.75. The van der Waals surface area contributed by atoms with Crippen LogP contribution in [0.3, 0.4) is 0 Å². The molecular formula is C14H20FNO. The summed E-state index contributed by atoms with van der Waals surface area (Å²) in [5.41, 5.74) is 7.68. The van der Waals surface area contributed by atoms with Crippen molar-refractivity contribution in [1.82, 2.24) is 0 Å². The van der Waals surface area contributed by atoms with Gasteiger partial charge in [0, 0.05) is 12.0 Å². The number of aryl methyl sites for hydroxylation is 1. The first-order valence-corrected chi connectivity index (χ1v) is 6.21. The number of rotatable bonds is 2. The molecule has 3 N–H and O–H groups in total. The van der Waals surface area contributed by atoms with Crippen LogP contribution in [0.1, 0.15) is 36.8 Å². The third kappa shape index (κ3) is 2.50. The van der Waals surface area contributed by atoms with Gasteiger partial charge in [-0.05, 0) is 55.9 Å². The van der Waals surface area contributed by atoms with Gasteiger partial charge in [0.05, 0.1) is 6.10 Å². The third-order valence-electron chi connectivity index (χ3n) is 3.96. The van der Waals surface area contributed by atoms with Crippen LogP contribution in [0, 0.1) is 12.7 Å². The summed E-state index contributed by atoms with van der Waals surface area (Å²) in [6.45, 7) is 2.41. The monoisotopic (exact) mass is 237 g/mol. The van der Waals surface area contributed by atoms with E-state index in [0.717, 1.165) is 36.8 Å². The Bertz CT molecular complexity index is 377. The molecule has 0 saturated heterocycles. The maximum absolute atomic E-state index is 13.5. The molecule has 0 unspecified atom stereocenters. The number of nitrogens with two attached hydrogens (primary N) is 1. The summed E-state index contributed by atoms with van der Waals surface area (Å²) in [6, 6.07) is 5.15. The number of hydrogen-bond donors (Lipinski definition) is 2. The fourth-order valence-corrected chi connectivity index (χ4v) is 2.81. The molecule has 0 spiro atoms. The van der Waals surface area contributed by atoms with Crippen molar-refractivity contribution < 1.29 is 9.50 Å². The quantitative estimate of drug-likeness (QED) is 0.828. The Kier molecular flexibility index (Phi) is 3.50. The maximum atomic E-state index is 13.5. The molecule has 0 radical (unpaired) electrons. The van der Waals surface area contributed by atoms with E-state index in [1.165, 1.54) is 6.07 Å². The molecule has 94 valence electrons. The van der Waals surface area contributed by atoms with Crippen LogP contribution in [0.2, 0.25) is 0 Å². The van der Waals surface area contributed by atoms with Gasteiger partial charge in [-0.15, -0.1) is 0 Å². The number of halogens is 1. The molecule has 1 aliphatic rings. The van der Waals surface area contributed by atoms with Crippen molar-refractivity contribution in [3.05, 3.63) is 35.1 Å². The van der Waals surface area contributed by atoms with Gasteiger partial charge in [0.1, 0.15) is 5.82 Å². The van der Waals surface area contributed by atoms with Gasteiger partial charge < -0.3 is 10.8 Å². The fourth-order valence-electron chi connectivity index (χ4n) is 2.81. The molecule has 0 amide bonds. The number of hydrogen-bond acceptors (Lipinski definition) is 2. The average molecular weight is 237 g/mol. The minimum Gasteiger partial charge on any atom is -0.393 e. The Balaban J connectivity index is 2.34. The number of benzene rings is 1. The standard InChI is InChI=1S/C14H20FNO/c1-10-6-11(8-12(15)7-10)14(9-16)4-2-13(17)3-5-14/h6-8,13,17H,2-5,9,16H2,1H3. The van der Waals surface area contributed by atoms with E-state index in [1.54, 1.807) is 6.07 Å². The van der Waals surface area contributed by atoms with Gasteiger partial charge in [-0.1, -0.05) is 6.07 Å². The second-order valence-electron chi connectivity index (χ2n) is 5.23. The SMILES string of the molecule is Cc1cc(F)cc(C2(CN)CCC(O)CC2)c1. The van der Waals surface area contributed by atoms with Crippen molar-refractivity contribution in [3.8, 4) is 0 Å². The molecule has 0 heterocycles. The number of aliphatic hydroxyl groups excluding tert-OH is 1. The predicted octanol–water partition coefficient (Wildman–Crippen LogP) is 2.27. The van der Waals surface area contributed by atoms with E-state index in [2.05, 4.69) is 0 Å². The van der Waals surface area contributed by atoms with Gasteiger partial charge in [0.15, 0.2) is 0 Å². The fraction of sp³-hybridized carbons (Fsp3) is 0.571. The first kappa shape index (κ1) is 12.5. The van der Waals surface area contributed by atoms with Crippen LogP contribution >= 0.6 is 0 Å². The minimum absolute atomic E-state index is 0.147. The number of aliphatic hydroxyl groups is 1. The summed E-state index contributed by atoms with van der Waals surface area (Å²) in [5, 5.41) is 9.58. The Labute approximate surface area is 102 Å². The van der Waals surface area contributed by atoms with Crippen LogP contribution in [-0.2, 0) is 5.41 Å². The molecular weight excluding hydrogens is 217 g/mol. The molecule has 1 aliphatic carbocycles. The van der Waals surface area contributed by atoms with Crippen LogP contribution in [0.4, 0.5) is 4.39 Å². The molecule has 0 aliphatic heterocycles. The Morgan fingerprint density at radius 2 is 2.00 bits per heavy atom. The van der Waals surface area contributed by atoms with Crippen molar-refractivity contribution in [3.63, 3.8) is 0 Å². The molecule has 1 fully saturated rings. The normalized spacial score (nSPS) is 29.3. The van der Waals surface area contributed by atoms with Crippen molar-refractivity contribution in [2.24, 2.45) is 5.73 Å². The van der Waals surface area contributed by atoms with E-state index in [-0.39, 0.29) is 17.3 Å². The zero-order valence-corrected chi connectivity index (χ0v) is 10.2. The van der Waals surface area contributed by atoms with E-state index >= 15 is 0 Å². The van der Waals surface area contributed by atoms with Gasteiger partial charge >= 0.3 is 0 Å². The lowest BCUT2D eigenvalue weighted by Gasteiger charge is -2.38. The highest BCUT2D eigenvalue weighted by atomic mass is 19.1. The lowest BCUT2D eigenvalue weighted by Crippen LogP contribution is -2.40. The van der Waals surface area contributed by atoms with Crippen molar-refractivity contribution >= 4 is 0 Å². The summed E-state index contributed by atoms with van der Waals surface area (Å²) in [5.74, 6) is -0.195. The first-order valence-electron chi connectivity index (χ1n) is 6.21. The van der Waals surface area contributed by atoms with E-state index in [1.807, 2.05) is 13.0 Å². The molecule has 1 aromatic carbocycles. The molecule has 2 nitrogen and oxygen atoms in total. The smallest absolute Gasteiger partial charge is 0.123 e. The summed E-state index contributed by atoms with van der Waals surface area (Å²) in [4.78, 5) is 0. The van der Waals surface area contributed by atoms with Crippen molar-refractivity contribution in [2.45, 2.75) is 44.1 Å². The van der Waals surface area contributed by atoms with Crippen LogP contribution in [0.25, 0.3) is 0 Å². The highest BCUT2D eigenvalue weighted by Gasteiger charge is 2.35. The molecule has 1 aromatic rings. The molecule has 0 bridgehead atoms. The van der Waals surface area contributed by atoms with Gasteiger partial charge in [0.25, 0.3) is 0 Å². The van der Waals surface area contributed by atoms with Gasteiger partial charge in [-0.3, -0.25) is 0 Å². The molecule has 0 atom stereocenters. The lowest BCUT2D eigenvalue weighted by atomic mass is 9.68. The molecule has 2 rings (SSSR count). The first-order chi connectivity index (χ1) is 8.05. The van der Waals surface area contributed by atoms with Crippen LogP contribution in [0.5, 0.6) is 0 Å². The van der Waals surface area contributed by atoms with E-state index in [4.69, 9.17) is 5.73 Å². The Hall–Kier alpha value is -0.930. The average Bonchev–Trinajstić information content (AvgIpc) is 2.29. The van der Waals surface area contributed by atoms with E-state index in [9.17, 15) is 9.50 Å². The molecule has 0 aromatic heterocycles. The van der Waals surface area contributed by atoms with E-state index < -0.39 is 0 Å². The van der Waals surface area contributed by atoms with Crippen LogP contribution in [-0.4, -0.2) is 17.8 Å². The van der Waals surface area contributed by atoms with Crippen LogP contribution in [0.15, 0.2) is 18.2 Å². The molecule has 3 heteroatoms. The third-order valence-corrected chi connectivity index (χ3v) is 3.96. The van der Waals surface area contributed by atoms with Crippen LogP contribution < -0.4 is 5.73 Å². The highest BCUT2D eigenvalue weighted by Crippen LogP contribution is 2.39. The lowest BCUT2D eigenvalue weighted by molar-refractivity contribution is 0.0973. The maximum Gasteiger partial charge on any atom is 0.123 e. The van der Waals surface area contributed by atoms with Gasteiger partial charge in [0.2, 0.25) is 0 Å². The zero-order chi connectivity index (χ0) is 12.5. The summed E-state index contributed by atoms with van der Waals surface area (Å²) >= 11 is 0. The van der Waals surface area contributed by atoms with Gasteiger partial charge in [-0.2, -0.15) is 0 Å². The van der Waals surface area contributed by atoms with Crippen molar-refractivity contribution in [2.75, 3.05) is 6.54 Å². The molecule has 17 heavy (non-hydrogen) atoms. The summed E-state index contributed by atoms with van der Waals surface area (Å²) in [6.07, 6.45) is 2.98. The topological polar surface area (TPSA) is 46.2 Å². The predicted molar refractivity (Wildman–Crippen MR) is 66.3 cm³/mol. The summed E-state index contributed by atoms with van der Waals surface area (Å²) in [7, 11) is 0. The highest BCUT2D eigenvalue weighted by molar-refractivity contribution is 5.31. The largest absolute Gasteiger partial charge is 0.393 e. The van der Waals surface area contributed by atoms with E-state index in [0.29, 0.717) is 6.54 Å². The Morgan fingerprint density at radius 3 is 2.53 bits per heavy atom. The minimum atomic E-state index is -0.218. The zero-order valence-electron chi connectivity index (χ0n) is 10.2. The molecule has 1 saturated carbocycles. The Morgan fingerprint density at radius 1 is 1.35 bits per heavy atom. The summed E-state index contributed by atoms with van der Waals surface area (Å²) < 4.78 is 13.5. The van der Waals surface area contributed by atoms with Gasteiger partial charge in [-0.25, -0.2) is 4.39 Å². The second-order valence-corrected chi connectivity index (χ2v) is 5.23.